The van der Waals surface area contributed by atoms with Crippen molar-refractivity contribution in [3.8, 4) is 0 Å². The normalized spacial score (nSPS) is 27.6. The predicted octanol–water partition coefficient (Wildman–Crippen LogP) is 2.35. The van der Waals surface area contributed by atoms with Gasteiger partial charge in [-0.2, -0.15) is 0 Å². The fourth-order valence-corrected chi connectivity index (χ4v) is 4.00. The lowest BCUT2D eigenvalue weighted by atomic mass is 9.69. The zero-order valence-corrected chi connectivity index (χ0v) is 15.2. The fourth-order valence-electron chi connectivity index (χ4n) is 4.00. The minimum atomic E-state index is -0.455. The summed E-state index contributed by atoms with van der Waals surface area (Å²) in [6.45, 7) is 13.0. The summed E-state index contributed by atoms with van der Waals surface area (Å²) in [6.07, 6.45) is 2.10. The van der Waals surface area contributed by atoms with Crippen LogP contribution >= 0.6 is 0 Å². The van der Waals surface area contributed by atoms with E-state index in [0.29, 0.717) is 13.0 Å². The Morgan fingerprint density at radius 3 is 2.13 bits per heavy atom. The molecule has 2 rings (SSSR count). The molecule has 5 heteroatoms. The van der Waals surface area contributed by atoms with Crippen LogP contribution in [0.5, 0.6) is 0 Å². The number of rotatable bonds is 3. The Hall–Kier alpha value is -1.39. The molecule has 1 N–H and O–H groups in total. The average Bonchev–Trinajstić information content (AvgIpc) is 2.88. The minimum absolute atomic E-state index is 0.0259. The molecule has 2 aliphatic heterocycles. The quantitative estimate of drug-likeness (QED) is 0.811. The Balaban J connectivity index is 2.41. The summed E-state index contributed by atoms with van der Waals surface area (Å²) in [4.78, 5) is 39.1. The van der Waals surface area contributed by atoms with Crippen molar-refractivity contribution in [2.75, 3.05) is 6.54 Å². The van der Waals surface area contributed by atoms with Gasteiger partial charge in [-0.25, -0.2) is 0 Å². The largest absolute Gasteiger partial charge is 0.339 e. The Bertz CT molecular complexity index is 513. The van der Waals surface area contributed by atoms with Crippen LogP contribution in [0, 0.1) is 22.7 Å². The zero-order valence-electron chi connectivity index (χ0n) is 15.2. The van der Waals surface area contributed by atoms with E-state index in [0.717, 1.165) is 12.8 Å². The summed E-state index contributed by atoms with van der Waals surface area (Å²) in [5.41, 5.74) is -0.346. The van der Waals surface area contributed by atoms with Gasteiger partial charge in [0, 0.05) is 19.0 Å². The molecular weight excluding hydrogens is 292 g/mol. The predicted molar refractivity (Wildman–Crippen MR) is 88.4 cm³/mol. The van der Waals surface area contributed by atoms with Crippen LogP contribution in [0.15, 0.2) is 0 Å². The Morgan fingerprint density at radius 1 is 1.09 bits per heavy atom. The summed E-state index contributed by atoms with van der Waals surface area (Å²) in [5.74, 6) is -1.15. The van der Waals surface area contributed by atoms with Crippen LogP contribution in [-0.2, 0) is 14.4 Å². The molecule has 3 unspecified atom stereocenters. The third kappa shape index (κ3) is 3.75. The van der Waals surface area contributed by atoms with Gasteiger partial charge in [-0.1, -0.05) is 41.5 Å². The molecule has 3 amide bonds. The number of nitrogens with one attached hydrogen (secondary N) is 1. The van der Waals surface area contributed by atoms with E-state index >= 15 is 0 Å². The van der Waals surface area contributed by atoms with Gasteiger partial charge in [-0.05, 0) is 23.7 Å². The highest BCUT2D eigenvalue weighted by molar-refractivity contribution is 6.06. The summed E-state index contributed by atoms with van der Waals surface area (Å²) in [5, 5.41) is 2.51. The van der Waals surface area contributed by atoms with Crippen molar-refractivity contribution < 1.29 is 14.4 Å². The van der Waals surface area contributed by atoms with Gasteiger partial charge >= 0.3 is 0 Å². The van der Waals surface area contributed by atoms with Crippen LogP contribution in [-0.4, -0.2) is 35.2 Å². The molecule has 23 heavy (non-hydrogen) atoms. The highest BCUT2D eigenvalue weighted by Gasteiger charge is 2.53. The monoisotopic (exact) mass is 322 g/mol. The molecule has 0 aliphatic carbocycles. The molecule has 0 saturated carbocycles. The van der Waals surface area contributed by atoms with Gasteiger partial charge < -0.3 is 4.90 Å². The molecule has 2 fully saturated rings. The number of amides is 3. The van der Waals surface area contributed by atoms with E-state index in [4.69, 9.17) is 0 Å². The summed E-state index contributed by atoms with van der Waals surface area (Å²) < 4.78 is 0. The summed E-state index contributed by atoms with van der Waals surface area (Å²) >= 11 is 0. The molecule has 0 radical (unpaired) electrons. The molecule has 130 valence electrons. The first-order chi connectivity index (χ1) is 10.4. The molecular formula is C18H30N2O3. The SMILES string of the molecule is CC(C)(C)CC(C1C(=O)NC(=O)C1C(C)(C)C)N1CCCC1=O. The van der Waals surface area contributed by atoms with Crippen molar-refractivity contribution >= 4 is 17.7 Å². The van der Waals surface area contributed by atoms with E-state index in [-0.39, 0.29) is 34.6 Å². The maximum absolute atomic E-state index is 12.6. The van der Waals surface area contributed by atoms with Crippen LogP contribution in [0.4, 0.5) is 0 Å². The van der Waals surface area contributed by atoms with E-state index in [9.17, 15) is 14.4 Å². The molecule has 0 spiro atoms. The van der Waals surface area contributed by atoms with Gasteiger partial charge in [-0.15, -0.1) is 0 Å². The highest BCUT2D eigenvalue weighted by atomic mass is 16.2. The third-order valence-electron chi connectivity index (χ3n) is 4.87. The van der Waals surface area contributed by atoms with Crippen molar-refractivity contribution in [2.45, 2.75) is 66.8 Å². The standard InChI is InChI=1S/C18H30N2O3/c1-17(2,3)10-11(20-9-7-8-12(20)21)13-14(18(4,5)6)16(23)19-15(13)22/h11,13-14H,7-10H2,1-6H3,(H,19,22,23). The van der Waals surface area contributed by atoms with Gasteiger partial charge in [0.2, 0.25) is 17.7 Å². The number of hydrogen-bond donors (Lipinski definition) is 1. The maximum Gasteiger partial charge on any atom is 0.232 e. The Kier molecular flexibility index (Phi) is 4.62. The Labute approximate surface area is 139 Å². The van der Waals surface area contributed by atoms with E-state index in [2.05, 4.69) is 26.1 Å². The summed E-state index contributed by atoms with van der Waals surface area (Å²) in [6, 6.07) is -0.208. The van der Waals surface area contributed by atoms with Crippen LogP contribution in [0.25, 0.3) is 0 Å². The number of likely N-dealkylation sites (tertiary alicyclic amines) is 1. The van der Waals surface area contributed by atoms with E-state index < -0.39 is 11.8 Å². The average molecular weight is 322 g/mol. The lowest BCUT2D eigenvalue weighted by molar-refractivity contribution is -0.136. The Morgan fingerprint density at radius 2 is 1.70 bits per heavy atom. The van der Waals surface area contributed by atoms with Gasteiger partial charge in [0.25, 0.3) is 0 Å². The third-order valence-corrected chi connectivity index (χ3v) is 4.87. The molecule has 0 aromatic heterocycles. The molecule has 0 aromatic rings. The molecule has 3 atom stereocenters. The topological polar surface area (TPSA) is 66.5 Å². The van der Waals surface area contributed by atoms with Gasteiger partial charge in [0.15, 0.2) is 0 Å². The van der Waals surface area contributed by atoms with E-state index in [1.807, 2.05) is 25.7 Å². The molecule has 0 aromatic carbocycles. The van der Waals surface area contributed by atoms with Crippen LogP contribution < -0.4 is 5.32 Å². The van der Waals surface area contributed by atoms with Crippen LogP contribution in [0.2, 0.25) is 0 Å². The number of imide groups is 1. The van der Waals surface area contributed by atoms with Gasteiger partial charge in [-0.3, -0.25) is 19.7 Å². The molecule has 0 bridgehead atoms. The van der Waals surface area contributed by atoms with Crippen molar-refractivity contribution in [2.24, 2.45) is 22.7 Å². The molecule has 2 saturated heterocycles. The molecule has 2 heterocycles. The fraction of sp³-hybridized carbons (Fsp3) is 0.833. The van der Waals surface area contributed by atoms with Crippen molar-refractivity contribution in [1.29, 1.82) is 0 Å². The molecule has 5 nitrogen and oxygen atoms in total. The van der Waals surface area contributed by atoms with Gasteiger partial charge in [0.1, 0.15) is 0 Å². The molecule has 2 aliphatic rings. The lowest BCUT2D eigenvalue weighted by Crippen LogP contribution is -2.49. The first-order valence-corrected chi connectivity index (χ1v) is 8.56. The first-order valence-electron chi connectivity index (χ1n) is 8.56. The second kappa shape index (κ2) is 5.91. The highest BCUT2D eigenvalue weighted by Crippen LogP contribution is 2.42. The zero-order chi connectivity index (χ0) is 17.6. The number of carbonyl (C=O) groups is 3. The second-order valence-electron chi connectivity index (χ2n) is 9.25. The second-order valence-corrected chi connectivity index (χ2v) is 9.25. The van der Waals surface area contributed by atoms with Crippen LogP contribution in [0.3, 0.4) is 0 Å². The number of hydrogen-bond acceptors (Lipinski definition) is 3. The van der Waals surface area contributed by atoms with Crippen LogP contribution in [0.1, 0.15) is 60.8 Å². The lowest BCUT2D eigenvalue weighted by Gasteiger charge is -2.40. The first kappa shape index (κ1) is 18.0. The van der Waals surface area contributed by atoms with E-state index in [1.54, 1.807) is 0 Å². The van der Waals surface area contributed by atoms with Crippen molar-refractivity contribution in [3.63, 3.8) is 0 Å². The smallest absolute Gasteiger partial charge is 0.232 e. The number of nitrogens with zero attached hydrogens (tertiary/aromatic N) is 1. The minimum Gasteiger partial charge on any atom is -0.339 e. The summed E-state index contributed by atoms with van der Waals surface area (Å²) in [7, 11) is 0. The van der Waals surface area contributed by atoms with Gasteiger partial charge in [0.05, 0.1) is 11.8 Å². The number of carbonyl (C=O) groups excluding carboxylic acids is 3. The van der Waals surface area contributed by atoms with E-state index in [1.165, 1.54) is 0 Å². The maximum atomic E-state index is 12.6. The van der Waals surface area contributed by atoms with Crippen molar-refractivity contribution in [3.05, 3.63) is 0 Å². The van der Waals surface area contributed by atoms with Crippen molar-refractivity contribution in [1.82, 2.24) is 10.2 Å².